The summed E-state index contributed by atoms with van der Waals surface area (Å²) < 4.78 is 26.1. The quantitative estimate of drug-likeness (QED) is 0.795. The summed E-state index contributed by atoms with van der Waals surface area (Å²) in [6.07, 6.45) is 0.865. The fourth-order valence-corrected chi connectivity index (χ4v) is 1.32. The van der Waals surface area contributed by atoms with Crippen LogP contribution in [-0.4, -0.2) is 19.0 Å². The van der Waals surface area contributed by atoms with Crippen molar-refractivity contribution < 1.29 is 13.6 Å². The molecule has 1 aromatic rings. The van der Waals surface area contributed by atoms with Crippen LogP contribution in [0.3, 0.4) is 0 Å². The molecule has 0 spiro atoms. The molecule has 0 radical (unpaired) electrons. The van der Waals surface area contributed by atoms with Crippen LogP contribution in [0.5, 0.6) is 0 Å². The maximum atomic E-state index is 13.2. The lowest BCUT2D eigenvalue weighted by atomic mass is 10.2. The Balaban J connectivity index is 2.36. The Kier molecular flexibility index (Phi) is 5.56. The largest absolute Gasteiger partial charge is 0.355 e. The second kappa shape index (κ2) is 6.96. The molecule has 0 unspecified atom stereocenters. The van der Waals surface area contributed by atoms with Crippen LogP contribution in [0.1, 0.15) is 18.9 Å². The molecule has 0 aliphatic heterocycles. The van der Waals surface area contributed by atoms with Gasteiger partial charge >= 0.3 is 0 Å². The number of carbonyl (C=O) groups is 1. The van der Waals surface area contributed by atoms with E-state index in [2.05, 4.69) is 10.6 Å². The molecule has 3 nitrogen and oxygen atoms in total. The van der Waals surface area contributed by atoms with Crippen LogP contribution < -0.4 is 10.6 Å². The van der Waals surface area contributed by atoms with Gasteiger partial charge in [0.05, 0.1) is 6.54 Å². The van der Waals surface area contributed by atoms with Gasteiger partial charge in [0.25, 0.3) is 0 Å². The second-order valence-corrected chi connectivity index (χ2v) is 3.67. The predicted octanol–water partition coefficient (Wildman–Crippen LogP) is 1.58. The molecule has 0 atom stereocenters. The van der Waals surface area contributed by atoms with Crippen LogP contribution in [0.15, 0.2) is 18.2 Å². The van der Waals surface area contributed by atoms with Gasteiger partial charge in [-0.15, -0.1) is 0 Å². The molecule has 5 heteroatoms. The zero-order valence-corrected chi connectivity index (χ0v) is 9.72. The van der Waals surface area contributed by atoms with Crippen molar-refractivity contribution in [1.82, 2.24) is 10.6 Å². The highest BCUT2D eigenvalue weighted by molar-refractivity contribution is 5.77. The highest BCUT2D eigenvalue weighted by Gasteiger charge is 2.07. The van der Waals surface area contributed by atoms with Crippen molar-refractivity contribution in [3.8, 4) is 0 Å². The van der Waals surface area contributed by atoms with Gasteiger partial charge in [-0.2, -0.15) is 0 Å². The normalized spacial score (nSPS) is 10.3. The Morgan fingerprint density at radius 2 is 2.12 bits per heavy atom. The minimum atomic E-state index is -0.875. The van der Waals surface area contributed by atoms with Crippen molar-refractivity contribution in [2.75, 3.05) is 13.1 Å². The minimum absolute atomic E-state index is 0.0932. The van der Waals surface area contributed by atoms with Gasteiger partial charge in [0.15, 0.2) is 11.6 Å². The molecule has 1 rings (SSSR count). The fraction of sp³-hybridized carbons (Fsp3) is 0.417. The molecule has 2 N–H and O–H groups in total. The van der Waals surface area contributed by atoms with E-state index in [1.807, 2.05) is 6.92 Å². The molecule has 0 heterocycles. The minimum Gasteiger partial charge on any atom is -0.355 e. The highest BCUT2D eigenvalue weighted by atomic mass is 19.2. The van der Waals surface area contributed by atoms with Gasteiger partial charge in [-0.1, -0.05) is 19.1 Å². The summed E-state index contributed by atoms with van der Waals surface area (Å²) in [4.78, 5) is 11.2. The Bertz CT molecular complexity index is 383. The summed E-state index contributed by atoms with van der Waals surface area (Å²) in [5.74, 6) is -1.89. The summed E-state index contributed by atoms with van der Waals surface area (Å²) in [6.45, 7) is 2.80. The number of nitrogens with one attached hydrogen (secondary N) is 2. The summed E-state index contributed by atoms with van der Waals surface area (Å²) in [5.41, 5.74) is 0.216. The van der Waals surface area contributed by atoms with Crippen LogP contribution in [0.25, 0.3) is 0 Å². The SMILES string of the molecule is CCCNC(=O)CNCc1cccc(F)c1F. The summed E-state index contributed by atoms with van der Waals surface area (Å²) in [7, 11) is 0. The van der Waals surface area contributed by atoms with Crippen molar-refractivity contribution in [2.24, 2.45) is 0 Å². The summed E-state index contributed by atoms with van der Waals surface area (Å²) >= 11 is 0. The van der Waals surface area contributed by atoms with Crippen LogP contribution in [0.2, 0.25) is 0 Å². The van der Waals surface area contributed by atoms with Crippen LogP contribution in [0.4, 0.5) is 8.78 Å². The maximum absolute atomic E-state index is 13.2. The van der Waals surface area contributed by atoms with Crippen molar-refractivity contribution in [1.29, 1.82) is 0 Å². The van der Waals surface area contributed by atoms with Crippen LogP contribution in [0, 0.1) is 11.6 Å². The molecular weight excluding hydrogens is 226 g/mol. The van der Waals surface area contributed by atoms with Crippen LogP contribution >= 0.6 is 0 Å². The van der Waals surface area contributed by atoms with Gasteiger partial charge in [0, 0.05) is 18.7 Å². The van der Waals surface area contributed by atoms with E-state index in [1.165, 1.54) is 12.1 Å². The molecule has 17 heavy (non-hydrogen) atoms. The van der Waals surface area contributed by atoms with E-state index in [9.17, 15) is 13.6 Å². The Hall–Kier alpha value is -1.49. The van der Waals surface area contributed by atoms with E-state index in [1.54, 1.807) is 0 Å². The second-order valence-electron chi connectivity index (χ2n) is 3.67. The first-order valence-electron chi connectivity index (χ1n) is 5.55. The lowest BCUT2D eigenvalue weighted by molar-refractivity contribution is -0.120. The molecule has 0 aromatic heterocycles. The Labute approximate surface area is 99.2 Å². The third-order valence-corrected chi connectivity index (χ3v) is 2.20. The van der Waals surface area contributed by atoms with E-state index >= 15 is 0 Å². The van der Waals surface area contributed by atoms with Crippen molar-refractivity contribution in [3.05, 3.63) is 35.4 Å². The van der Waals surface area contributed by atoms with Gasteiger partial charge in [-0.25, -0.2) is 8.78 Å². The third-order valence-electron chi connectivity index (χ3n) is 2.20. The third kappa shape index (κ3) is 4.48. The number of rotatable bonds is 6. The van der Waals surface area contributed by atoms with Crippen molar-refractivity contribution in [3.63, 3.8) is 0 Å². The molecule has 0 bridgehead atoms. The highest BCUT2D eigenvalue weighted by Crippen LogP contribution is 2.10. The summed E-state index contributed by atoms with van der Waals surface area (Å²) in [5, 5.41) is 5.44. The van der Waals surface area contributed by atoms with Gasteiger partial charge in [0.2, 0.25) is 5.91 Å². The molecule has 1 aromatic carbocycles. The zero-order valence-electron chi connectivity index (χ0n) is 9.72. The maximum Gasteiger partial charge on any atom is 0.233 e. The topological polar surface area (TPSA) is 41.1 Å². The monoisotopic (exact) mass is 242 g/mol. The Morgan fingerprint density at radius 1 is 1.35 bits per heavy atom. The molecule has 0 saturated carbocycles. The fourth-order valence-electron chi connectivity index (χ4n) is 1.32. The van der Waals surface area contributed by atoms with E-state index in [0.29, 0.717) is 6.54 Å². The lowest BCUT2D eigenvalue weighted by Crippen LogP contribution is -2.34. The van der Waals surface area contributed by atoms with Crippen molar-refractivity contribution >= 4 is 5.91 Å². The zero-order chi connectivity index (χ0) is 12.7. The molecule has 0 fully saturated rings. The van der Waals surface area contributed by atoms with Gasteiger partial charge in [-0.05, 0) is 12.5 Å². The number of benzene rings is 1. The average Bonchev–Trinajstić information content (AvgIpc) is 2.32. The van der Waals surface area contributed by atoms with E-state index < -0.39 is 11.6 Å². The number of carbonyl (C=O) groups excluding carboxylic acids is 1. The van der Waals surface area contributed by atoms with Gasteiger partial charge < -0.3 is 10.6 Å². The summed E-state index contributed by atoms with van der Waals surface area (Å²) in [6, 6.07) is 3.98. The van der Waals surface area contributed by atoms with E-state index in [4.69, 9.17) is 0 Å². The molecule has 0 saturated heterocycles. The molecular formula is C12H16F2N2O. The Morgan fingerprint density at radius 3 is 2.82 bits per heavy atom. The standard InChI is InChI=1S/C12H16F2N2O/c1-2-6-16-11(17)8-15-7-9-4-3-5-10(13)12(9)14/h3-5,15H,2,6-8H2,1H3,(H,16,17). The number of hydrogen-bond acceptors (Lipinski definition) is 2. The first-order valence-corrected chi connectivity index (χ1v) is 5.55. The average molecular weight is 242 g/mol. The van der Waals surface area contributed by atoms with Crippen molar-refractivity contribution in [2.45, 2.75) is 19.9 Å². The molecule has 1 amide bonds. The predicted molar refractivity (Wildman–Crippen MR) is 61.4 cm³/mol. The van der Waals surface area contributed by atoms with E-state index in [-0.39, 0.29) is 24.6 Å². The first kappa shape index (κ1) is 13.6. The molecule has 0 aliphatic rings. The molecule has 0 aliphatic carbocycles. The molecule has 94 valence electrons. The number of halogens is 2. The van der Waals surface area contributed by atoms with E-state index in [0.717, 1.165) is 12.5 Å². The lowest BCUT2D eigenvalue weighted by Gasteiger charge is -2.06. The van der Waals surface area contributed by atoms with Gasteiger partial charge in [0.1, 0.15) is 0 Å². The van der Waals surface area contributed by atoms with Crippen LogP contribution in [-0.2, 0) is 11.3 Å². The first-order chi connectivity index (χ1) is 8.15. The number of amides is 1. The number of hydrogen-bond donors (Lipinski definition) is 2. The smallest absolute Gasteiger partial charge is 0.233 e. The van der Waals surface area contributed by atoms with Gasteiger partial charge in [-0.3, -0.25) is 4.79 Å².